The third-order valence-corrected chi connectivity index (χ3v) is 4.37. The van der Waals surface area contributed by atoms with Crippen LogP contribution in [0.5, 0.6) is 0 Å². The van der Waals surface area contributed by atoms with Gasteiger partial charge in [-0.2, -0.15) is 5.26 Å². The van der Waals surface area contributed by atoms with Crippen molar-refractivity contribution in [3.8, 4) is 6.07 Å². The van der Waals surface area contributed by atoms with Gasteiger partial charge in [-0.05, 0) is 43.7 Å². The Labute approximate surface area is 129 Å². The number of pyridine rings is 1. The molecule has 0 bridgehead atoms. The van der Waals surface area contributed by atoms with Crippen molar-refractivity contribution >= 4 is 11.8 Å². The van der Waals surface area contributed by atoms with Crippen molar-refractivity contribution < 1.29 is 9.90 Å². The van der Waals surface area contributed by atoms with Crippen molar-refractivity contribution in [2.75, 3.05) is 18.4 Å². The Kier molecular flexibility index (Phi) is 4.25. The maximum atomic E-state index is 11.0. The lowest BCUT2D eigenvalue weighted by molar-refractivity contribution is -0.139. The summed E-state index contributed by atoms with van der Waals surface area (Å²) >= 11 is 0. The molecular formula is C16H20N4O2. The standard InChI is InChI=1S/C16H20N4O2/c17-8-12-2-1-3-15(18-12)19-13-6-14(7-13)20(10-16(21)22)9-11-4-5-11/h1-3,11,13-14H,4-7,9-10H2,(H,18,19)(H,21,22). The van der Waals surface area contributed by atoms with Crippen LogP contribution in [0.1, 0.15) is 31.4 Å². The second-order valence-electron chi connectivity index (χ2n) is 6.25. The third kappa shape index (κ3) is 3.74. The second-order valence-corrected chi connectivity index (χ2v) is 6.25. The Morgan fingerprint density at radius 2 is 2.23 bits per heavy atom. The molecule has 0 spiro atoms. The molecule has 2 saturated carbocycles. The molecule has 3 rings (SSSR count). The van der Waals surface area contributed by atoms with Crippen molar-refractivity contribution in [1.82, 2.24) is 9.88 Å². The molecule has 6 heteroatoms. The van der Waals surface area contributed by atoms with Crippen LogP contribution in [0.2, 0.25) is 0 Å². The molecule has 22 heavy (non-hydrogen) atoms. The van der Waals surface area contributed by atoms with E-state index in [1.54, 1.807) is 6.07 Å². The van der Waals surface area contributed by atoms with E-state index in [-0.39, 0.29) is 6.54 Å². The summed E-state index contributed by atoms with van der Waals surface area (Å²) in [5, 5.41) is 21.2. The number of nitrogens with one attached hydrogen (secondary N) is 1. The molecule has 2 N–H and O–H groups in total. The zero-order valence-corrected chi connectivity index (χ0v) is 12.4. The van der Waals surface area contributed by atoms with Crippen molar-refractivity contribution in [2.24, 2.45) is 5.92 Å². The number of aliphatic carboxylic acids is 1. The SMILES string of the molecule is N#Cc1cccc(NC2CC(N(CC(=O)O)CC3CC3)C2)n1. The summed E-state index contributed by atoms with van der Waals surface area (Å²) < 4.78 is 0. The number of carbonyl (C=O) groups is 1. The molecule has 0 amide bonds. The number of anilines is 1. The zero-order valence-electron chi connectivity index (χ0n) is 12.4. The molecule has 116 valence electrons. The summed E-state index contributed by atoms with van der Waals surface area (Å²) in [5.74, 6) is 0.662. The molecular weight excluding hydrogens is 280 g/mol. The number of rotatable bonds is 7. The fourth-order valence-corrected chi connectivity index (χ4v) is 2.94. The van der Waals surface area contributed by atoms with Crippen LogP contribution in [0.4, 0.5) is 5.82 Å². The first-order valence-electron chi connectivity index (χ1n) is 7.73. The van der Waals surface area contributed by atoms with Gasteiger partial charge in [-0.15, -0.1) is 0 Å². The van der Waals surface area contributed by atoms with Crippen LogP contribution < -0.4 is 5.32 Å². The molecule has 0 unspecified atom stereocenters. The van der Waals surface area contributed by atoms with Crippen LogP contribution >= 0.6 is 0 Å². The van der Waals surface area contributed by atoms with E-state index in [0.717, 1.165) is 25.2 Å². The number of carboxylic acid groups (broad SMARTS) is 1. The Morgan fingerprint density at radius 1 is 1.45 bits per heavy atom. The van der Waals surface area contributed by atoms with Gasteiger partial charge >= 0.3 is 5.97 Å². The molecule has 2 aliphatic rings. The minimum atomic E-state index is -0.750. The van der Waals surface area contributed by atoms with Crippen molar-refractivity contribution in [3.05, 3.63) is 23.9 Å². The van der Waals surface area contributed by atoms with E-state index >= 15 is 0 Å². The largest absolute Gasteiger partial charge is 0.480 e. The van der Waals surface area contributed by atoms with E-state index in [2.05, 4.69) is 15.2 Å². The Balaban J connectivity index is 1.51. The topological polar surface area (TPSA) is 89.2 Å². The highest BCUT2D eigenvalue weighted by atomic mass is 16.4. The Morgan fingerprint density at radius 3 is 2.86 bits per heavy atom. The van der Waals surface area contributed by atoms with Gasteiger partial charge in [-0.3, -0.25) is 9.69 Å². The molecule has 0 aliphatic heterocycles. The molecule has 0 atom stereocenters. The Bertz CT molecular complexity index is 588. The third-order valence-electron chi connectivity index (χ3n) is 4.37. The van der Waals surface area contributed by atoms with E-state index in [1.165, 1.54) is 12.8 Å². The average Bonchev–Trinajstić information content (AvgIpc) is 3.25. The monoisotopic (exact) mass is 300 g/mol. The van der Waals surface area contributed by atoms with Gasteiger partial charge in [0.2, 0.25) is 0 Å². The summed E-state index contributed by atoms with van der Waals surface area (Å²) in [7, 11) is 0. The van der Waals surface area contributed by atoms with Gasteiger partial charge in [-0.1, -0.05) is 6.07 Å². The van der Waals surface area contributed by atoms with Crippen LogP contribution in [-0.2, 0) is 4.79 Å². The van der Waals surface area contributed by atoms with E-state index < -0.39 is 5.97 Å². The summed E-state index contributed by atoms with van der Waals surface area (Å²) in [5.41, 5.74) is 0.405. The van der Waals surface area contributed by atoms with Gasteiger partial charge in [0.1, 0.15) is 17.6 Å². The maximum absolute atomic E-state index is 11.0. The number of carboxylic acids is 1. The summed E-state index contributed by atoms with van der Waals surface area (Å²) in [6, 6.07) is 8.03. The van der Waals surface area contributed by atoms with Crippen molar-refractivity contribution in [2.45, 2.75) is 37.8 Å². The number of aromatic nitrogens is 1. The summed E-state index contributed by atoms with van der Waals surface area (Å²) in [6.07, 6.45) is 4.32. The van der Waals surface area contributed by atoms with Crippen LogP contribution in [0.15, 0.2) is 18.2 Å². The number of nitriles is 1. The second kappa shape index (κ2) is 6.32. The number of hydrogen-bond donors (Lipinski definition) is 2. The lowest BCUT2D eigenvalue weighted by atomic mass is 9.85. The zero-order chi connectivity index (χ0) is 15.5. The van der Waals surface area contributed by atoms with Crippen molar-refractivity contribution in [3.63, 3.8) is 0 Å². The van der Waals surface area contributed by atoms with Gasteiger partial charge < -0.3 is 10.4 Å². The molecule has 0 radical (unpaired) electrons. The molecule has 2 aliphatic carbocycles. The molecule has 1 aromatic heterocycles. The van der Waals surface area contributed by atoms with E-state index in [4.69, 9.17) is 10.4 Å². The fraction of sp³-hybridized carbons (Fsp3) is 0.562. The maximum Gasteiger partial charge on any atom is 0.317 e. The molecule has 0 aromatic carbocycles. The minimum absolute atomic E-state index is 0.135. The predicted octanol–water partition coefficient (Wildman–Crippen LogP) is 1.69. The lowest BCUT2D eigenvalue weighted by Gasteiger charge is -2.43. The summed E-state index contributed by atoms with van der Waals surface area (Å²) in [4.78, 5) is 17.3. The number of nitrogens with zero attached hydrogens (tertiary/aromatic N) is 3. The van der Waals surface area contributed by atoms with E-state index in [9.17, 15) is 4.79 Å². The smallest absolute Gasteiger partial charge is 0.317 e. The number of hydrogen-bond acceptors (Lipinski definition) is 5. The van der Waals surface area contributed by atoms with Gasteiger partial charge in [0.25, 0.3) is 0 Å². The van der Waals surface area contributed by atoms with E-state index in [0.29, 0.717) is 23.7 Å². The molecule has 1 heterocycles. The highest BCUT2D eigenvalue weighted by Crippen LogP contribution is 2.34. The quantitative estimate of drug-likeness (QED) is 0.796. The fourth-order valence-electron chi connectivity index (χ4n) is 2.94. The molecule has 2 fully saturated rings. The summed E-state index contributed by atoms with van der Waals surface area (Å²) in [6.45, 7) is 1.04. The van der Waals surface area contributed by atoms with E-state index in [1.807, 2.05) is 18.2 Å². The first-order chi connectivity index (χ1) is 10.6. The highest BCUT2D eigenvalue weighted by molar-refractivity contribution is 5.69. The van der Waals surface area contributed by atoms with Crippen LogP contribution in [0.25, 0.3) is 0 Å². The first kappa shape index (κ1) is 14.8. The van der Waals surface area contributed by atoms with Gasteiger partial charge in [0, 0.05) is 18.6 Å². The average molecular weight is 300 g/mol. The lowest BCUT2D eigenvalue weighted by Crippen LogP contribution is -2.52. The van der Waals surface area contributed by atoms with Gasteiger partial charge in [-0.25, -0.2) is 4.98 Å². The van der Waals surface area contributed by atoms with Gasteiger partial charge in [0.05, 0.1) is 6.54 Å². The normalized spacial score (nSPS) is 23.6. The van der Waals surface area contributed by atoms with Crippen LogP contribution in [0, 0.1) is 17.2 Å². The molecule has 1 aromatic rings. The minimum Gasteiger partial charge on any atom is -0.480 e. The first-order valence-corrected chi connectivity index (χ1v) is 7.73. The molecule has 0 saturated heterocycles. The van der Waals surface area contributed by atoms with Gasteiger partial charge in [0.15, 0.2) is 0 Å². The van der Waals surface area contributed by atoms with Crippen LogP contribution in [-0.4, -0.2) is 46.1 Å². The Hall–Kier alpha value is -2.13. The predicted molar refractivity (Wildman–Crippen MR) is 81.3 cm³/mol. The van der Waals surface area contributed by atoms with Crippen LogP contribution in [0.3, 0.4) is 0 Å². The molecule has 6 nitrogen and oxygen atoms in total. The van der Waals surface area contributed by atoms with Crippen molar-refractivity contribution in [1.29, 1.82) is 5.26 Å². The highest BCUT2D eigenvalue weighted by Gasteiger charge is 2.37.